The molecule has 0 radical (unpaired) electrons. The van der Waals surface area contributed by atoms with Gasteiger partial charge in [0.25, 0.3) is 0 Å². The van der Waals surface area contributed by atoms with Crippen LogP contribution in [0.25, 0.3) is 11.3 Å². The molecule has 1 aliphatic rings. The molecule has 30 heavy (non-hydrogen) atoms. The van der Waals surface area contributed by atoms with E-state index in [1.165, 1.54) is 6.07 Å². The van der Waals surface area contributed by atoms with Crippen LogP contribution in [0, 0.1) is 5.92 Å². The second-order valence-corrected chi connectivity index (χ2v) is 8.35. The van der Waals surface area contributed by atoms with E-state index in [9.17, 15) is 18.0 Å². The van der Waals surface area contributed by atoms with Crippen LogP contribution in [-0.4, -0.2) is 28.7 Å². The van der Waals surface area contributed by atoms with E-state index in [2.05, 4.69) is 15.3 Å². The summed E-state index contributed by atoms with van der Waals surface area (Å²) in [5, 5.41) is 3.11. The van der Waals surface area contributed by atoms with Gasteiger partial charge < -0.3 is 15.0 Å². The summed E-state index contributed by atoms with van der Waals surface area (Å²) < 4.78 is 41.5. The summed E-state index contributed by atoms with van der Waals surface area (Å²) in [5.41, 5.74) is 1.85. The number of imidazole rings is 1. The van der Waals surface area contributed by atoms with Gasteiger partial charge in [-0.25, -0.2) is 4.98 Å². The third kappa shape index (κ3) is 4.84. The van der Waals surface area contributed by atoms with Crippen molar-refractivity contribution in [2.75, 3.05) is 6.61 Å². The van der Waals surface area contributed by atoms with E-state index in [-0.39, 0.29) is 28.8 Å². The number of thiophene rings is 1. The van der Waals surface area contributed by atoms with Gasteiger partial charge in [-0.05, 0) is 25.5 Å². The van der Waals surface area contributed by atoms with Crippen molar-refractivity contribution in [3.63, 3.8) is 0 Å². The van der Waals surface area contributed by atoms with E-state index in [1.807, 2.05) is 36.5 Å². The first kappa shape index (κ1) is 20.5. The molecule has 1 saturated carbocycles. The number of halogens is 3. The number of amides is 1. The Balaban J connectivity index is 1.31. The average Bonchev–Trinajstić information content (AvgIpc) is 3.14. The third-order valence-electron chi connectivity index (χ3n) is 4.91. The number of H-pyrrole nitrogens is 1. The number of carbonyl (C=O) groups excluding carboxylic acids is 1. The SMILES string of the molecule is C[C@@H](NC(=O)C1C[C@H]1c1nc(-c2ccccc2)c[nH]1)c1ccc(OCC(F)(F)F)s1. The number of alkyl halides is 3. The van der Waals surface area contributed by atoms with Gasteiger partial charge in [0.05, 0.1) is 11.7 Å². The molecule has 5 nitrogen and oxygen atoms in total. The molecular formula is C21H20F3N3O2S. The molecule has 1 amide bonds. The van der Waals surface area contributed by atoms with Gasteiger partial charge in [0, 0.05) is 28.5 Å². The molecule has 3 atom stereocenters. The van der Waals surface area contributed by atoms with Crippen LogP contribution >= 0.6 is 11.3 Å². The van der Waals surface area contributed by atoms with Crippen LogP contribution in [0.15, 0.2) is 48.7 Å². The van der Waals surface area contributed by atoms with Crippen molar-refractivity contribution in [2.45, 2.75) is 31.5 Å². The minimum Gasteiger partial charge on any atom is -0.475 e. The Labute approximate surface area is 175 Å². The lowest BCUT2D eigenvalue weighted by Crippen LogP contribution is -2.28. The molecule has 3 aromatic rings. The molecule has 1 unspecified atom stereocenters. The highest BCUT2D eigenvalue weighted by molar-refractivity contribution is 7.13. The van der Waals surface area contributed by atoms with Crippen molar-refractivity contribution in [3.8, 4) is 16.3 Å². The summed E-state index contributed by atoms with van der Waals surface area (Å²) in [5.74, 6) is 0.587. The van der Waals surface area contributed by atoms with Gasteiger partial charge in [-0.2, -0.15) is 13.2 Å². The zero-order valence-electron chi connectivity index (χ0n) is 16.1. The summed E-state index contributed by atoms with van der Waals surface area (Å²) >= 11 is 1.10. The monoisotopic (exact) mass is 435 g/mol. The fourth-order valence-corrected chi connectivity index (χ4v) is 4.12. The predicted molar refractivity (Wildman–Crippen MR) is 107 cm³/mol. The Morgan fingerprint density at radius 3 is 2.80 bits per heavy atom. The molecule has 0 spiro atoms. The number of aromatic amines is 1. The number of aromatic nitrogens is 2. The zero-order chi connectivity index (χ0) is 21.3. The number of rotatable bonds is 7. The van der Waals surface area contributed by atoms with Crippen LogP contribution in [0.1, 0.15) is 36.0 Å². The van der Waals surface area contributed by atoms with Gasteiger partial charge in [-0.3, -0.25) is 4.79 Å². The molecular weight excluding hydrogens is 415 g/mol. The zero-order valence-corrected chi connectivity index (χ0v) is 16.9. The lowest BCUT2D eigenvalue weighted by atomic mass is 10.2. The summed E-state index contributed by atoms with van der Waals surface area (Å²) in [6.07, 6.45) is -1.82. The molecule has 2 heterocycles. The van der Waals surface area contributed by atoms with Crippen molar-refractivity contribution in [3.05, 3.63) is 59.4 Å². The first-order valence-corrected chi connectivity index (χ1v) is 10.3. The number of hydrogen-bond donors (Lipinski definition) is 2. The first-order valence-electron chi connectivity index (χ1n) is 9.50. The quantitative estimate of drug-likeness (QED) is 0.545. The first-order chi connectivity index (χ1) is 14.3. The maximum atomic E-state index is 12.6. The Bertz CT molecular complexity index is 1020. The van der Waals surface area contributed by atoms with E-state index < -0.39 is 12.8 Å². The molecule has 2 N–H and O–H groups in total. The van der Waals surface area contributed by atoms with E-state index in [0.717, 1.165) is 33.3 Å². The molecule has 1 aromatic carbocycles. The van der Waals surface area contributed by atoms with Crippen molar-refractivity contribution in [1.82, 2.24) is 15.3 Å². The van der Waals surface area contributed by atoms with Gasteiger partial charge in [0.1, 0.15) is 5.82 Å². The molecule has 158 valence electrons. The minimum atomic E-state index is -4.38. The van der Waals surface area contributed by atoms with Gasteiger partial charge >= 0.3 is 6.18 Å². The fraction of sp³-hybridized carbons (Fsp3) is 0.333. The molecule has 4 rings (SSSR count). The maximum Gasteiger partial charge on any atom is 0.422 e. The van der Waals surface area contributed by atoms with Crippen molar-refractivity contribution < 1.29 is 22.7 Å². The average molecular weight is 435 g/mol. The number of nitrogens with zero attached hydrogens (tertiary/aromatic N) is 1. The smallest absolute Gasteiger partial charge is 0.422 e. The van der Waals surface area contributed by atoms with Crippen LogP contribution in [-0.2, 0) is 4.79 Å². The van der Waals surface area contributed by atoms with Crippen LogP contribution in [0.5, 0.6) is 5.06 Å². The summed E-state index contributed by atoms with van der Waals surface area (Å²) in [7, 11) is 0. The standard InChI is InChI=1S/C21H20F3N3O2S/c1-12(17-7-8-18(30-17)29-11-21(22,23)24)26-20(28)15-9-14(15)19-25-10-16(27-19)13-5-3-2-4-6-13/h2-8,10,12,14-15H,9,11H2,1H3,(H,25,27)(H,26,28)/t12-,14-,15?/m1/s1. The van der Waals surface area contributed by atoms with Gasteiger partial charge in [0.2, 0.25) is 5.91 Å². The molecule has 0 saturated heterocycles. The fourth-order valence-electron chi connectivity index (χ4n) is 3.26. The largest absolute Gasteiger partial charge is 0.475 e. The van der Waals surface area contributed by atoms with Crippen molar-refractivity contribution >= 4 is 17.2 Å². The minimum absolute atomic E-state index is 0.0451. The van der Waals surface area contributed by atoms with E-state index >= 15 is 0 Å². The number of benzene rings is 1. The number of ether oxygens (including phenoxy) is 1. The second kappa shape index (κ2) is 8.14. The Morgan fingerprint density at radius 2 is 2.07 bits per heavy atom. The Morgan fingerprint density at radius 1 is 1.30 bits per heavy atom. The summed E-state index contributed by atoms with van der Waals surface area (Å²) in [6.45, 7) is 0.473. The number of carbonyl (C=O) groups is 1. The Kier molecular flexibility index (Phi) is 5.55. The van der Waals surface area contributed by atoms with Gasteiger partial charge in [0.15, 0.2) is 11.7 Å². The van der Waals surface area contributed by atoms with Crippen LogP contribution in [0.2, 0.25) is 0 Å². The van der Waals surface area contributed by atoms with Gasteiger partial charge in [-0.15, -0.1) is 11.3 Å². The van der Waals surface area contributed by atoms with E-state index in [1.54, 1.807) is 13.0 Å². The molecule has 1 fully saturated rings. The summed E-state index contributed by atoms with van der Waals surface area (Å²) in [6, 6.07) is 12.6. The van der Waals surface area contributed by atoms with Gasteiger partial charge in [-0.1, -0.05) is 30.3 Å². The molecule has 2 aromatic heterocycles. The summed E-state index contributed by atoms with van der Waals surface area (Å²) in [4.78, 5) is 21.1. The van der Waals surface area contributed by atoms with Crippen LogP contribution < -0.4 is 10.1 Å². The molecule has 9 heteroatoms. The molecule has 0 aliphatic heterocycles. The third-order valence-corrected chi connectivity index (χ3v) is 6.09. The lowest BCUT2D eigenvalue weighted by Gasteiger charge is -2.12. The van der Waals surface area contributed by atoms with Crippen molar-refractivity contribution in [2.24, 2.45) is 5.92 Å². The second-order valence-electron chi connectivity index (χ2n) is 7.28. The predicted octanol–water partition coefficient (Wildman–Crippen LogP) is 5.06. The lowest BCUT2D eigenvalue weighted by molar-refractivity contribution is -0.152. The highest BCUT2D eigenvalue weighted by atomic mass is 32.1. The highest BCUT2D eigenvalue weighted by Gasteiger charge is 2.46. The number of nitrogens with one attached hydrogen (secondary N) is 2. The van der Waals surface area contributed by atoms with Crippen molar-refractivity contribution in [1.29, 1.82) is 0 Å². The maximum absolute atomic E-state index is 12.6. The highest BCUT2D eigenvalue weighted by Crippen LogP contribution is 2.47. The molecule has 1 aliphatic carbocycles. The van der Waals surface area contributed by atoms with Crippen LogP contribution in [0.4, 0.5) is 13.2 Å². The number of hydrogen-bond acceptors (Lipinski definition) is 4. The molecule has 0 bridgehead atoms. The normalized spacial score (nSPS) is 19.3. The van der Waals surface area contributed by atoms with Crippen LogP contribution in [0.3, 0.4) is 0 Å². The van der Waals surface area contributed by atoms with E-state index in [4.69, 9.17) is 4.74 Å². The van der Waals surface area contributed by atoms with E-state index in [0.29, 0.717) is 6.42 Å². The Hall–Kier alpha value is -2.81. The topological polar surface area (TPSA) is 67.0 Å².